The second-order valence-electron chi connectivity index (χ2n) is 6.52. The van der Waals surface area contributed by atoms with Crippen molar-refractivity contribution in [1.82, 2.24) is 9.55 Å². The zero-order valence-corrected chi connectivity index (χ0v) is 16.2. The Morgan fingerprint density at radius 3 is 2.48 bits per heavy atom. The molecule has 0 aliphatic rings. The SMILES string of the molecule is Cc1cc(C)c2c(-n3cccc3)c(NC(=O)Nc3ccccc3C)sc2n1. The Kier molecular flexibility index (Phi) is 4.41. The van der Waals surface area contributed by atoms with Crippen molar-refractivity contribution in [2.45, 2.75) is 20.8 Å². The van der Waals surface area contributed by atoms with Crippen molar-refractivity contribution in [3.05, 3.63) is 71.7 Å². The fourth-order valence-corrected chi connectivity index (χ4v) is 4.40. The molecule has 4 rings (SSSR count). The molecule has 2 amide bonds. The van der Waals surface area contributed by atoms with Gasteiger partial charge in [0.15, 0.2) is 0 Å². The summed E-state index contributed by atoms with van der Waals surface area (Å²) >= 11 is 1.49. The van der Waals surface area contributed by atoms with Crippen LogP contribution in [0.4, 0.5) is 15.5 Å². The fourth-order valence-electron chi connectivity index (χ4n) is 3.21. The van der Waals surface area contributed by atoms with Crippen molar-refractivity contribution < 1.29 is 4.79 Å². The number of nitrogens with zero attached hydrogens (tertiary/aromatic N) is 2. The first-order valence-corrected chi connectivity index (χ1v) is 9.52. The van der Waals surface area contributed by atoms with Crippen molar-refractivity contribution in [2.75, 3.05) is 10.6 Å². The summed E-state index contributed by atoms with van der Waals surface area (Å²) in [6.45, 7) is 6.03. The number of thiophene rings is 1. The Hall–Kier alpha value is -3.12. The fraction of sp³-hybridized carbons (Fsp3) is 0.143. The molecule has 0 fully saturated rings. The van der Waals surface area contributed by atoms with Gasteiger partial charge in [-0.1, -0.05) is 29.5 Å². The highest BCUT2D eigenvalue weighted by atomic mass is 32.1. The van der Waals surface area contributed by atoms with Crippen LogP contribution in [0.5, 0.6) is 0 Å². The van der Waals surface area contributed by atoms with Crippen LogP contribution in [0.3, 0.4) is 0 Å². The van der Waals surface area contributed by atoms with Gasteiger partial charge in [-0.2, -0.15) is 0 Å². The van der Waals surface area contributed by atoms with E-state index in [4.69, 9.17) is 0 Å². The van der Waals surface area contributed by atoms with Crippen LogP contribution in [-0.2, 0) is 0 Å². The third-order valence-corrected chi connectivity index (χ3v) is 5.43. The number of carbonyl (C=O) groups is 1. The zero-order chi connectivity index (χ0) is 19.0. The summed E-state index contributed by atoms with van der Waals surface area (Å²) in [5, 5.41) is 7.78. The number of anilines is 2. The molecule has 0 saturated carbocycles. The molecule has 0 saturated heterocycles. The molecule has 3 heterocycles. The maximum absolute atomic E-state index is 12.6. The van der Waals surface area contributed by atoms with Crippen LogP contribution in [0, 0.1) is 20.8 Å². The Morgan fingerprint density at radius 2 is 1.74 bits per heavy atom. The number of pyridine rings is 1. The molecule has 0 spiro atoms. The summed E-state index contributed by atoms with van der Waals surface area (Å²) in [6, 6.07) is 13.5. The minimum Gasteiger partial charge on any atom is -0.321 e. The van der Waals surface area contributed by atoms with E-state index in [0.29, 0.717) is 0 Å². The minimum atomic E-state index is -0.265. The molecule has 3 aromatic heterocycles. The maximum atomic E-state index is 12.6. The lowest BCUT2D eigenvalue weighted by atomic mass is 10.1. The third kappa shape index (κ3) is 3.31. The zero-order valence-electron chi connectivity index (χ0n) is 15.4. The van der Waals surface area contributed by atoms with Crippen LogP contribution in [0.1, 0.15) is 16.8 Å². The van der Waals surface area contributed by atoms with Crippen LogP contribution in [0.2, 0.25) is 0 Å². The number of para-hydroxylation sites is 1. The standard InChI is InChI=1S/C21H20N4OS/c1-13-8-4-5-9-16(13)23-21(26)24-20-18(25-10-6-7-11-25)17-14(2)12-15(3)22-19(17)27-20/h4-12H,1-3H3,(H2,23,24,26). The molecule has 0 aliphatic carbocycles. The molecule has 6 heteroatoms. The molecule has 136 valence electrons. The number of urea groups is 1. The minimum absolute atomic E-state index is 0.265. The van der Waals surface area contributed by atoms with E-state index in [1.54, 1.807) is 0 Å². The topological polar surface area (TPSA) is 59.0 Å². The molecule has 0 bridgehead atoms. The summed E-state index contributed by atoms with van der Waals surface area (Å²) < 4.78 is 2.02. The van der Waals surface area contributed by atoms with E-state index in [9.17, 15) is 4.79 Å². The average molecular weight is 376 g/mol. The Labute approximate surface area is 161 Å². The maximum Gasteiger partial charge on any atom is 0.324 e. The van der Waals surface area contributed by atoms with E-state index < -0.39 is 0 Å². The normalized spacial score (nSPS) is 10.9. The lowest BCUT2D eigenvalue weighted by molar-refractivity contribution is 0.262. The van der Waals surface area contributed by atoms with Crippen LogP contribution in [0.15, 0.2) is 54.9 Å². The van der Waals surface area contributed by atoms with Gasteiger partial charge in [-0.3, -0.25) is 5.32 Å². The molecule has 0 aliphatic heterocycles. The molecular weight excluding hydrogens is 356 g/mol. The number of amides is 2. The lowest BCUT2D eigenvalue weighted by Crippen LogP contribution is -2.20. The molecule has 2 N–H and O–H groups in total. The number of aromatic nitrogens is 2. The van der Waals surface area contributed by atoms with E-state index in [-0.39, 0.29) is 6.03 Å². The molecule has 0 radical (unpaired) electrons. The van der Waals surface area contributed by atoms with Crippen molar-refractivity contribution in [2.24, 2.45) is 0 Å². The number of hydrogen-bond acceptors (Lipinski definition) is 3. The van der Waals surface area contributed by atoms with Gasteiger partial charge in [0.2, 0.25) is 0 Å². The number of carbonyl (C=O) groups excluding carboxylic acids is 1. The van der Waals surface area contributed by atoms with Gasteiger partial charge in [0.25, 0.3) is 0 Å². The van der Waals surface area contributed by atoms with Gasteiger partial charge in [0.05, 0.1) is 5.69 Å². The van der Waals surface area contributed by atoms with Crippen LogP contribution < -0.4 is 10.6 Å². The first-order chi connectivity index (χ1) is 13.0. The molecule has 0 atom stereocenters. The van der Waals surface area contributed by atoms with Crippen LogP contribution in [-0.4, -0.2) is 15.6 Å². The van der Waals surface area contributed by atoms with Crippen molar-refractivity contribution in [3.8, 4) is 5.69 Å². The summed E-state index contributed by atoms with van der Waals surface area (Å²) in [4.78, 5) is 18.2. The van der Waals surface area contributed by atoms with Crippen molar-refractivity contribution >= 4 is 38.3 Å². The van der Waals surface area contributed by atoms with E-state index in [2.05, 4.69) is 28.6 Å². The van der Waals surface area contributed by atoms with E-state index in [0.717, 1.165) is 43.4 Å². The van der Waals surface area contributed by atoms with E-state index in [1.165, 1.54) is 11.3 Å². The Bertz CT molecular complexity index is 1130. The quantitative estimate of drug-likeness (QED) is 0.485. The predicted molar refractivity (Wildman–Crippen MR) is 112 cm³/mol. The summed E-state index contributed by atoms with van der Waals surface area (Å²) in [5.74, 6) is 0. The van der Waals surface area contributed by atoms with Gasteiger partial charge in [-0.25, -0.2) is 9.78 Å². The van der Waals surface area contributed by atoms with Gasteiger partial charge in [-0.15, -0.1) is 0 Å². The second kappa shape index (κ2) is 6.89. The number of nitrogens with one attached hydrogen (secondary N) is 2. The molecule has 1 aromatic carbocycles. The molecule has 27 heavy (non-hydrogen) atoms. The third-order valence-electron chi connectivity index (χ3n) is 4.45. The van der Waals surface area contributed by atoms with Crippen LogP contribution in [0.25, 0.3) is 15.9 Å². The molecular formula is C21H20N4OS. The lowest BCUT2D eigenvalue weighted by Gasteiger charge is -2.11. The molecule has 5 nitrogen and oxygen atoms in total. The first-order valence-electron chi connectivity index (χ1n) is 8.70. The monoisotopic (exact) mass is 376 g/mol. The highest BCUT2D eigenvalue weighted by Gasteiger charge is 2.19. The Morgan fingerprint density at radius 1 is 1.00 bits per heavy atom. The highest BCUT2D eigenvalue weighted by Crippen LogP contribution is 2.39. The smallest absolute Gasteiger partial charge is 0.321 e. The largest absolute Gasteiger partial charge is 0.324 e. The van der Waals surface area contributed by atoms with Gasteiger partial charge < -0.3 is 9.88 Å². The first kappa shape index (κ1) is 17.3. The van der Waals surface area contributed by atoms with Crippen LogP contribution >= 0.6 is 11.3 Å². The number of fused-ring (bicyclic) bond motifs is 1. The summed E-state index contributed by atoms with van der Waals surface area (Å²) in [7, 11) is 0. The Balaban J connectivity index is 1.75. The summed E-state index contributed by atoms with van der Waals surface area (Å²) in [5.41, 5.74) is 4.87. The number of rotatable bonds is 3. The average Bonchev–Trinajstić information content (AvgIpc) is 3.24. The summed E-state index contributed by atoms with van der Waals surface area (Å²) in [6.07, 6.45) is 3.95. The van der Waals surface area contributed by atoms with Gasteiger partial charge in [0.1, 0.15) is 9.83 Å². The van der Waals surface area contributed by atoms with Crippen molar-refractivity contribution in [1.29, 1.82) is 0 Å². The van der Waals surface area contributed by atoms with Gasteiger partial charge in [-0.05, 0) is 56.2 Å². The van der Waals surface area contributed by atoms with Gasteiger partial charge >= 0.3 is 6.03 Å². The molecule has 4 aromatic rings. The number of aryl methyl sites for hydroxylation is 3. The predicted octanol–water partition coefficient (Wildman–Crippen LogP) is 5.66. The van der Waals surface area contributed by atoms with E-state index >= 15 is 0 Å². The number of hydrogen-bond donors (Lipinski definition) is 2. The highest BCUT2D eigenvalue weighted by molar-refractivity contribution is 7.23. The number of benzene rings is 1. The van der Waals surface area contributed by atoms with Gasteiger partial charge in [0, 0.05) is 29.2 Å². The van der Waals surface area contributed by atoms with Crippen molar-refractivity contribution in [3.63, 3.8) is 0 Å². The second-order valence-corrected chi connectivity index (χ2v) is 7.52. The molecule has 0 unspecified atom stereocenters. The van der Waals surface area contributed by atoms with E-state index in [1.807, 2.05) is 67.2 Å².